The van der Waals surface area contributed by atoms with Gasteiger partial charge in [-0.1, -0.05) is 42.3 Å². The number of hydrogen-bond acceptors (Lipinski definition) is 3. The largest absolute Gasteiger partial charge is 0.375 e. The van der Waals surface area contributed by atoms with Crippen molar-refractivity contribution >= 4 is 29.0 Å². The number of amidine groups is 1. The maximum absolute atomic E-state index is 5.97. The Morgan fingerprint density at radius 1 is 1.29 bits per heavy atom. The van der Waals surface area contributed by atoms with E-state index in [1.165, 1.54) is 0 Å². The maximum Gasteiger partial charge on any atom is 0.126 e. The van der Waals surface area contributed by atoms with Crippen molar-refractivity contribution < 1.29 is 0 Å². The molecule has 1 aliphatic heterocycles. The van der Waals surface area contributed by atoms with Crippen LogP contribution in [0.5, 0.6) is 0 Å². The van der Waals surface area contributed by atoms with E-state index in [0.29, 0.717) is 16.0 Å². The molecule has 0 aromatic rings. The van der Waals surface area contributed by atoms with Gasteiger partial charge >= 0.3 is 0 Å². The van der Waals surface area contributed by atoms with Gasteiger partial charge in [0.05, 0.1) is 16.1 Å². The van der Waals surface area contributed by atoms with Gasteiger partial charge in [0.15, 0.2) is 0 Å². The van der Waals surface area contributed by atoms with E-state index in [9.17, 15) is 0 Å². The fourth-order valence-electron chi connectivity index (χ4n) is 1.92. The highest BCUT2D eigenvalue weighted by atomic mass is 35.5. The molecule has 1 aliphatic carbocycles. The summed E-state index contributed by atoms with van der Waals surface area (Å²) >= 11 is 11.9. The number of nitrogens with one attached hydrogen (secondary N) is 1. The van der Waals surface area contributed by atoms with Gasteiger partial charge in [-0.3, -0.25) is 5.01 Å². The van der Waals surface area contributed by atoms with E-state index in [1.807, 2.05) is 36.4 Å². The molecule has 0 unspecified atom stereocenters. The summed E-state index contributed by atoms with van der Waals surface area (Å²) in [7, 11) is 1.90. The minimum atomic E-state index is 0.105. The molecular formula is C12H15Cl2N3. The van der Waals surface area contributed by atoms with Crippen LogP contribution in [0.15, 0.2) is 39.5 Å². The van der Waals surface area contributed by atoms with Crippen LogP contribution in [0.2, 0.25) is 0 Å². The predicted molar refractivity (Wildman–Crippen MR) is 73.2 cm³/mol. The third-order valence-electron chi connectivity index (χ3n) is 2.87. The summed E-state index contributed by atoms with van der Waals surface area (Å²) in [6.07, 6.45) is 7.66. The van der Waals surface area contributed by atoms with Gasteiger partial charge in [-0.25, -0.2) is 0 Å². The smallest absolute Gasteiger partial charge is 0.126 e. The van der Waals surface area contributed by atoms with Crippen LogP contribution in [0.3, 0.4) is 0 Å². The third-order valence-corrected chi connectivity index (χ3v) is 3.63. The quantitative estimate of drug-likeness (QED) is 0.794. The first-order chi connectivity index (χ1) is 8.11. The number of halogens is 2. The van der Waals surface area contributed by atoms with Crippen LogP contribution in [-0.4, -0.2) is 30.5 Å². The van der Waals surface area contributed by atoms with Crippen LogP contribution in [0.4, 0.5) is 0 Å². The highest BCUT2D eigenvalue weighted by molar-refractivity contribution is 6.41. The molecule has 5 heteroatoms. The van der Waals surface area contributed by atoms with E-state index in [0.717, 1.165) is 12.4 Å². The molecule has 2 aliphatic rings. The SMILES string of the molecule is CNC1=NN(C2C=CC(Cl)=C(Cl)C=C2)C[C@@H]1C. The number of hydrogen-bond donors (Lipinski definition) is 1. The van der Waals surface area contributed by atoms with E-state index in [4.69, 9.17) is 23.2 Å². The zero-order valence-corrected chi connectivity index (χ0v) is 11.3. The van der Waals surface area contributed by atoms with Gasteiger partial charge < -0.3 is 5.32 Å². The van der Waals surface area contributed by atoms with Gasteiger partial charge in [-0.05, 0) is 12.2 Å². The fraction of sp³-hybridized carbons (Fsp3) is 0.417. The second-order valence-corrected chi connectivity index (χ2v) is 4.98. The molecule has 0 fully saturated rings. The summed E-state index contributed by atoms with van der Waals surface area (Å²) in [4.78, 5) is 0. The minimum absolute atomic E-state index is 0.105. The van der Waals surface area contributed by atoms with Crippen molar-refractivity contribution in [2.24, 2.45) is 11.0 Å². The Labute approximate surface area is 111 Å². The Morgan fingerprint density at radius 2 is 1.88 bits per heavy atom. The van der Waals surface area contributed by atoms with Crippen LogP contribution in [0.1, 0.15) is 6.92 Å². The van der Waals surface area contributed by atoms with Crippen molar-refractivity contribution in [3.8, 4) is 0 Å². The first kappa shape index (κ1) is 12.5. The lowest BCUT2D eigenvalue weighted by Gasteiger charge is -2.20. The molecule has 2 rings (SSSR count). The molecule has 3 nitrogen and oxygen atoms in total. The predicted octanol–water partition coefficient (Wildman–Crippen LogP) is 2.65. The summed E-state index contributed by atoms with van der Waals surface area (Å²) < 4.78 is 0. The van der Waals surface area contributed by atoms with Crippen molar-refractivity contribution in [2.45, 2.75) is 13.0 Å². The molecule has 0 aromatic heterocycles. The van der Waals surface area contributed by atoms with Crippen molar-refractivity contribution in [3.63, 3.8) is 0 Å². The summed E-state index contributed by atoms with van der Waals surface area (Å²) in [6, 6.07) is 0.105. The van der Waals surface area contributed by atoms with Crippen molar-refractivity contribution in [2.75, 3.05) is 13.6 Å². The molecule has 92 valence electrons. The van der Waals surface area contributed by atoms with Crippen molar-refractivity contribution in [1.82, 2.24) is 10.3 Å². The average molecular weight is 272 g/mol. The molecule has 0 bridgehead atoms. The second kappa shape index (κ2) is 5.15. The van der Waals surface area contributed by atoms with Crippen LogP contribution in [-0.2, 0) is 0 Å². The Balaban J connectivity index is 2.15. The summed E-state index contributed by atoms with van der Waals surface area (Å²) in [5.41, 5.74) is 0. The van der Waals surface area contributed by atoms with Gasteiger partial charge in [0.25, 0.3) is 0 Å². The normalized spacial score (nSPS) is 25.3. The Hall–Kier alpha value is -0.930. The molecule has 0 radical (unpaired) electrons. The van der Waals surface area contributed by atoms with E-state index >= 15 is 0 Å². The molecule has 0 saturated heterocycles. The van der Waals surface area contributed by atoms with Gasteiger partial charge in [0, 0.05) is 19.5 Å². The van der Waals surface area contributed by atoms with Crippen LogP contribution < -0.4 is 5.32 Å². The Kier molecular flexibility index (Phi) is 3.79. The topological polar surface area (TPSA) is 27.6 Å². The molecule has 1 heterocycles. The first-order valence-corrected chi connectivity index (χ1v) is 6.32. The van der Waals surface area contributed by atoms with E-state index in [2.05, 4.69) is 17.3 Å². The highest BCUT2D eigenvalue weighted by Gasteiger charge is 2.25. The Bertz CT molecular complexity index is 401. The van der Waals surface area contributed by atoms with Gasteiger partial charge in [-0.15, -0.1) is 0 Å². The van der Waals surface area contributed by atoms with E-state index in [1.54, 1.807) is 0 Å². The third kappa shape index (κ3) is 2.67. The minimum Gasteiger partial charge on any atom is -0.375 e. The number of nitrogens with zero attached hydrogens (tertiary/aromatic N) is 2. The lowest BCUT2D eigenvalue weighted by atomic mass is 10.1. The first-order valence-electron chi connectivity index (χ1n) is 5.56. The van der Waals surface area contributed by atoms with Crippen LogP contribution >= 0.6 is 23.2 Å². The monoisotopic (exact) mass is 271 g/mol. The van der Waals surface area contributed by atoms with Crippen LogP contribution in [0, 0.1) is 5.92 Å². The fourth-order valence-corrected chi connectivity index (χ4v) is 2.19. The number of allylic oxidation sites excluding steroid dienone is 4. The molecule has 0 amide bonds. The highest BCUT2D eigenvalue weighted by Crippen LogP contribution is 2.23. The molecule has 1 atom stereocenters. The molecule has 17 heavy (non-hydrogen) atoms. The zero-order chi connectivity index (χ0) is 12.4. The number of rotatable bonds is 1. The van der Waals surface area contributed by atoms with Crippen molar-refractivity contribution in [1.29, 1.82) is 0 Å². The maximum atomic E-state index is 5.97. The van der Waals surface area contributed by atoms with E-state index < -0.39 is 0 Å². The van der Waals surface area contributed by atoms with Gasteiger partial charge in [-0.2, -0.15) is 5.10 Å². The average Bonchev–Trinajstić information content (AvgIpc) is 2.61. The van der Waals surface area contributed by atoms with Gasteiger partial charge in [0.1, 0.15) is 5.84 Å². The van der Waals surface area contributed by atoms with Crippen molar-refractivity contribution in [3.05, 3.63) is 34.4 Å². The second-order valence-electron chi connectivity index (χ2n) is 4.16. The lowest BCUT2D eigenvalue weighted by molar-refractivity contribution is 0.285. The van der Waals surface area contributed by atoms with E-state index in [-0.39, 0.29) is 6.04 Å². The molecule has 1 N–H and O–H groups in total. The molecule has 0 aromatic carbocycles. The molecular weight excluding hydrogens is 257 g/mol. The van der Waals surface area contributed by atoms with Gasteiger partial charge in [0.2, 0.25) is 0 Å². The van der Waals surface area contributed by atoms with Crippen LogP contribution in [0.25, 0.3) is 0 Å². The summed E-state index contributed by atoms with van der Waals surface area (Å²) in [5.74, 6) is 1.44. The number of hydrazone groups is 1. The molecule has 0 spiro atoms. The Morgan fingerprint density at radius 3 is 2.35 bits per heavy atom. The summed E-state index contributed by atoms with van der Waals surface area (Å²) in [6.45, 7) is 3.04. The zero-order valence-electron chi connectivity index (χ0n) is 9.82. The standard InChI is InChI=1S/C12H15Cl2N3/c1-8-7-17(16-12(8)15-2)9-3-5-10(13)11(14)6-4-9/h3-6,8-9H,7H2,1-2H3,(H,15,16)/t8-/m0/s1. The summed E-state index contributed by atoms with van der Waals surface area (Å²) in [5, 5.41) is 10.8. The lowest BCUT2D eigenvalue weighted by Crippen LogP contribution is -2.27. The molecule has 0 saturated carbocycles.